The number of hydrogen-bond acceptors (Lipinski definition) is 2. The second-order valence-electron chi connectivity index (χ2n) is 7.32. The van der Waals surface area contributed by atoms with Crippen molar-refractivity contribution >= 4 is 17.5 Å². The number of rotatable bonds is 3. The van der Waals surface area contributed by atoms with Gasteiger partial charge in [-0.15, -0.1) is 0 Å². The summed E-state index contributed by atoms with van der Waals surface area (Å²) < 4.78 is 0. The van der Waals surface area contributed by atoms with Crippen molar-refractivity contribution in [3.8, 4) is 0 Å². The summed E-state index contributed by atoms with van der Waals surface area (Å²) >= 11 is 0. The second-order valence-corrected chi connectivity index (χ2v) is 7.32. The first-order chi connectivity index (χ1) is 11.6. The summed E-state index contributed by atoms with van der Waals surface area (Å²) in [6, 6.07) is 6.30. The average molecular weight is 328 g/mol. The maximum absolute atomic E-state index is 12.6. The quantitative estimate of drug-likeness (QED) is 0.864. The van der Waals surface area contributed by atoms with Gasteiger partial charge < -0.3 is 10.2 Å². The van der Waals surface area contributed by atoms with Crippen LogP contribution in [0.15, 0.2) is 18.2 Å². The van der Waals surface area contributed by atoms with Crippen LogP contribution in [0.5, 0.6) is 0 Å². The molecule has 0 bridgehead atoms. The highest BCUT2D eigenvalue weighted by Crippen LogP contribution is 2.29. The van der Waals surface area contributed by atoms with Crippen molar-refractivity contribution in [1.29, 1.82) is 0 Å². The molecule has 1 atom stereocenters. The molecule has 4 nitrogen and oxygen atoms in total. The third kappa shape index (κ3) is 3.63. The monoisotopic (exact) mass is 328 g/mol. The van der Waals surface area contributed by atoms with Crippen molar-refractivity contribution in [2.75, 3.05) is 11.4 Å². The zero-order valence-corrected chi connectivity index (χ0v) is 14.8. The predicted octanol–water partition coefficient (Wildman–Crippen LogP) is 3.50. The predicted molar refractivity (Wildman–Crippen MR) is 96.0 cm³/mol. The van der Waals surface area contributed by atoms with Crippen LogP contribution in [0, 0.1) is 19.8 Å². The molecule has 1 heterocycles. The summed E-state index contributed by atoms with van der Waals surface area (Å²) in [6.45, 7) is 4.59. The number of anilines is 1. The molecule has 24 heavy (non-hydrogen) atoms. The Morgan fingerprint density at radius 1 is 1.12 bits per heavy atom. The van der Waals surface area contributed by atoms with Gasteiger partial charge in [-0.1, -0.05) is 37.8 Å². The molecule has 0 unspecified atom stereocenters. The first kappa shape index (κ1) is 17.0. The van der Waals surface area contributed by atoms with Gasteiger partial charge in [-0.2, -0.15) is 0 Å². The fourth-order valence-corrected chi connectivity index (χ4v) is 3.89. The maximum atomic E-state index is 12.6. The van der Waals surface area contributed by atoms with E-state index in [2.05, 4.69) is 18.3 Å². The minimum Gasteiger partial charge on any atom is -0.353 e. The Hall–Kier alpha value is -1.84. The molecule has 1 saturated carbocycles. The van der Waals surface area contributed by atoms with E-state index in [1.165, 1.54) is 31.2 Å². The van der Waals surface area contributed by atoms with E-state index in [1.54, 1.807) is 4.90 Å². The molecule has 0 radical (unpaired) electrons. The van der Waals surface area contributed by atoms with Crippen molar-refractivity contribution in [3.63, 3.8) is 0 Å². The third-order valence-corrected chi connectivity index (χ3v) is 5.56. The summed E-state index contributed by atoms with van der Waals surface area (Å²) in [4.78, 5) is 26.8. The van der Waals surface area contributed by atoms with E-state index in [9.17, 15) is 9.59 Å². The first-order valence-electron chi connectivity index (χ1n) is 9.23. The zero-order valence-electron chi connectivity index (χ0n) is 14.8. The van der Waals surface area contributed by atoms with Gasteiger partial charge in [-0.25, -0.2) is 0 Å². The maximum Gasteiger partial charge on any atom is 0.227 e. The molecule has 2 aliphatic rings. The van der Waals surface area contributed by atoms with Gasteiger partial charge in [0.05, 0.1) is 5.92 Å². The van der Waals surface area contributed by atoms with Crippen LogP contribution in [0.4, 0.5) is 5.69 Å². The average Bonchev–Trinajstić information content (AvgIpc) is 2.77. The Kier molecular flexibility index (Phi) is 5.22. The molecule has 0 spiro atoms. The molecule has 1 N–H and O–H groups in total. The molecule has 0 aromatic heterocycles. The minimum absolute atomic E-state index is 0.0584. The van der Waals surface area contributed by atoms with E-state index < -0.39 is 0 Å². The molecule has 1 aromatic carbocycles. The van der Waals surface area contributed by atoms with Crippen LogP contribution in [0.3, 0.4) is 0 Å². The van der Waals surface area contributed by atoms with Gasteiger partial charge in [0.1, 0.15) is 0 Å². The van der Waals surface area contributed by atoms with Crippen LogP contribution in [0.25, 0.3) is 0 Å². The fourth-order valence-electron chi connectivity index (χ4n) is 3.89. The number of carbonyl (C=O) groups is 2. The lowest BCUT2D eigenvalue weighted by Crippen LogP contribution is -2.39. The van der Waals surface area contributed by atoms with Crippen LogP contribution in [0.2, 0.25) is 0 Å². The number of nitrogens with one attached hydrogen (secondary N) is 1. The molecule has 2 amide bonds. The Balaban J connectivity index is 1.65. The Morgan fingerprint density at radius 3 is 2.54 bits per heavy atom. The molecule has 2 fully saturated rings. The summed E-state index contributed by atoms with van der Waals surface area (Å²) in [7, 11) is 0. The number of nitrogens with zero attached hydrogens (tertiary/aromatic N) is 1. The van der Waals surface area contributed by atoms with Crippen molar-refractivity contribution < 1.29 is 9.59 Å². The molecular weight excluding hydrogens is 300 g/mol. The molecule has 1 aliphatic heterocycles. The van der Waals surface area contributed by atoms with Crippen molar-refractivity contribution in [1.82, 2.24) is 5.32 Å². The van der Waals surface area contributed by atoms with Crippen molar-refractivity contribution in [2.24, 2.45) is 5.92 Å². The van der Waals surface area contributed by atoms with Gasteiger partial charge >= 0.3 is 0 Å². The molecule has 4 heteroatoms. The second kappa shape index (κ2) is 7.37. The van der Waals surface area contributed by atoms with E-state index in [0.717, 1.165) is 24.1 Å². The van der Waals surface area contributed by atoms with Crippen LogP contribution in [-0.2, 0) is 9.59 Å². The Labute approximate surface area is 144 Å². The highest BCUT2D eigenvalue weighted by Gasteiger charge is 2.36. The standard InChI is InChI=1S/C20H28N2O2/c1-14-8-7-11-18(15(14)2)22-13-16(12-19(22)23)20(24)21-17-9-5-3-4-6-10-17/h7-8,11,16-17H,3-6,9-10,12-13H2,1-2H3,(H,21,24)/t16-/m0/s1. The summed E-state index contributed by atoms with van der Waals surface area (Å²) in [5.74, 6) is -0.103. The van der Waals surface area contributed by atoms with Gasteiger partial charge in [0.15, 0.2) is 0 Å². The number of hydrogen-bond donors (Lipinski definition) is 1. The molecular formula is C20H28N2O2. The highest BCUT2D eigenvalue weighted by atomic mass is 16.2. The lowest BCUT2D eigenvalue weighted by Gasteiger charge is -2.21. The van der Waals surface area contributed by atoms with E-state index in [0.29, 0.717) is 19.0 Å². The van der Waals surface area contributed by atoms with Gasteiger partial charge in [0.25, 0.3) is 0 Å². The summed E-state index contributed by atoms with van der Waals surface area (Å²) in [5, 5.41) is 3.20. The number of benzene rings is 1. The van der Waals surface area contributed by atoms with Gasteiger partial charge in [0, 0.05) is 24.7 Å². The SMILES string of the molecule is Cc1cccc(N2C[C@@H](C(=O)NC3CCCCCC3)CC2=O)c1C. The lowest BCUT2D eigenvalue weighted by atomic mass is 10.0. The normalized spacial score (nSPS) is 22.5. The lowest BCUT2D eigenvalue weighted by molar-refractivity contribution is -0.127. The Morgan fingerprint density at radius 2 is 1.83 bits per heavy atom. The van der Waals surface area contributed by atoms with Crippen LogP contribution in [-0.4, -0.2) is 24.4 Å². The molecule has 130 valence electrons. The van der Waals surface area contributed by atoms with Crippen molar-refractivity contribution in [2.45, 2.75) is 64.8 Å². The highest BCUT2D eigenvalue weighted by molar-refractivity contribution is 6.00. The van der Waals surface area contributed by atoms with Crippen molar-refractivity contribution in [3.05, 3.63) is 29.3 Å². The van der Waals surface area contributed by atoms with Gasteiger partial charge in [0.2, 0.25) is 11.8 Å². The largest absolute Gasteiger partial charge is 0.353 e. The van der Waals surface area contributed by atoms with Gasteiger partial charge in [-0.05, 0) is 43.9 Å². The zero-order chi connectivity index (χ0) is 17.1. The smallest absolute Gasteiger partial charge is 0.227 e. The molecule has 1 aliphatic carbocycles. The van der Waals surface area contributed by atoms with E-state index in [4.69, 9.17) is 0 Å². The van der Waals surface area contributed by atoms with Gasteiger partial charge in [-0.3, -0.25) is 9.59 Å². The Bertz CT molecular complexity index is 618. The molecule has 1 saturated heterocycles. The van der Waals surface area contributed by atoms with E-state index in [-0.39, 0.29) is 17.7 Å². The van der Waals surface area contributed by atoms with Crippen LogP contribution in [0.1, 0.15) is 56.1 Å². The molecule has 3 rings (SSSR count). The topological polar surface area (TPSA) is 49.4 Å². The number of carbonyl (C=O) groups excluding carboxylic acids is 2. The number of aryl methyl sites for hydroxylation is 1. The fraction of sp³-hybridized carbons (Fsp3) is 0.600. The molecule has 1 aromatic rings. The number of amides is 2. The van der Waals surface area contributed by atoms with E-state index >= 15 is 0 Å². The van der Waals surface area contributed by atoms with Crippen LogP contribution < -0.4 is 10.2 Å². The van der Waals surface area contributed by atoms with E-state index in [1.807, 2.05) is 19.1 Å². The minimum atomic E-state index is -0.222. The first-order valence-corrected chi connectivity index (χ1v) is 9.23. The van der Waals surface area contributed by atoms with Crippen LogP contribution >= 0.6 is 0 Å². The third-order valence-electron chi connectivity index (χ3n) is 5.56. The summed E-state index contributed by atoms with van der Waals surface area (Å²) in [6.07, 6.45) is 7.42. The summed E-state index contributed by atoms with van der Waals surface area (Å²) in [5.41, 5.74) is 3.24.